The standard InChI is InChI=1S/C31H35Cl2N3O4S/c1-41(39,40)36(28-18-17-25(32)20-27(28)33)22-30(37)35(21-24-13-7-3-8-14-24)29(19-23-11-5-2-6-12-23)31(38)34-26-15-9-4-10-16-26/h2-3,5-8,11-14,17-18,20,26,29H,4,9-10,15-16,19,21-22H2,1H3,(H,34,38). The molecule has 3 aromatic carbocycles. The van der Waals surface area contributed by atoms with E-state index in [2.05, 4.69) is 5.32 Å². The van der Waals surface area contributed by atoms with Crippen LogP contribution in [0.1, 0.15) is 43.2 Å². The lowest BCUT2D eigenvalue weighted by molar-refractivity contribution is -0.140. The lowest BCUT2D eigenvalue weighted by atomic mass is 9.94. The maximum atomic E-state index is 14.2. The monoisotopic (exact) mass is 615 g/mol. The lowest BCUT2D eigenvalue weighted by Crippen LogP contribution is -2.55. The topological polar surface area (TPSA) is 86.8 Å². The van der Waals surface area contributed by atoms with Gasteiger partial charge in [-0.15, -0.1) is 0 Å². The molecule has 7 nitrogen and oxygen atoms in total. The van der Waals surface area contributed by atoms with Gasteiger partial charge >= 0.3 is 0 Å². The van der Waals surface area contributed by atoms with Gasteiger partial charge in [-0.1, -0.05) is 103 Å². The Bertz CT molecular complexity index is 1430. The van der Waals surface area contributed by atoms with Gasteiger partial charge in [-0.3, -0.25) is 13.9 Å². The van der Waals surface area contributed by atoms with Crippen molar-refractivity contribution in [2.75, 3.05) is 17.1 Å². The fourth-order valence-corrected chi connectivity index (χ4v) is 6.58. The molecule has 0 heterocycles. The summed E-state index contributed by atoms with van der Waals surface area (Å²) < 4.78 is 26.8. The molecule has 0 saturated heterocycles. The summed E-state index contributed by atoms with van der Waals surface area (Å²) in [4.78, 5) is 29.6. The predicted molar refractivity (Wildman–Crippen MR) is 165 cm³/mol. The van der Waals surface area contributed by atoms with Crippen LogP contribution in [-0.2, 0) is 32.6 Å². The molecule has 1 atom stereocenters. The molecule has 1 aliphatic carbocycles. The largest absolute Gasteiger partial charge is 0.352 e. The van der Waals surface area contributed by atoms with Crippen molar-refractivity contribution >= 4 is 50.7 Å². The number of amides is 2. The van der Waals surface area contributed by atoms with Gasteiger partial charge in [0, 0.05) is 24.0 Å². The zero-order valence-electron chi connectivity index (χ0n) is 23.0. The van der Waals surface area contributed by atoms with Crippen molar-refractivity contribution in [2.45, 2.75) is 57.2 Å². The summed E-state index contributed by atoms with van der Waals surface area (Å²) >= 11 is 12.4. The normalized spacial score (nSPS) is 14.7. The molecule has 1 saturated carbocycles. The van der Waals surface area contributed by atoms with Crippen molar-refractivity contribution in [3.63, 3.8) is 0 Å². The molecule has 10 heteroatoms. The van der Waals surface area contributed by atoms with Gasteiger partial charge in [0.2, 0.25) is 21.8 Å². The molecule has 0 radical (unpaired) electrons. The Morgan fingerprint density at radius 3 is 2.10 bits per heavy atom. The molecule has 0 aliphatic heterocycles. The van der Waals surface area contributed by atoms with Crippen molar-refractivity contribution in [2.24, 2.45) is 0 Å². The lowest BCUT2D eigenvalue weighted by Gasteiger charge is -2.35. The van der Waals surface area contributed by atoms with Crippen LogP contribution < -0.4 is 9.62 Å². The molecule has 41 heavy (non-hydrogen) atoms. The van der Waals surface area contributed by atoms with E-state index < -0.39 is 28.5 Å². The second kappa shape index (κ2) is 14.2. The minimum absolute atomic E-state index is 0.0450. The Balaban J connectivity index is 1.72. The summed E-state index contributed by atoms with van der Waals surface area (Å²) in [5, 5.41) is 3.63. The number of rotatable bonds is 11. The van der Waals surface area contributed by atoms with Crippen molar-refractivity contribution in [1.82, 2.24) is 10.2 Å². The minimum Gasteiger partial charge on any atom is -0.352 e. The van der Waals surface area contributed by atoms with Crippen LogP contribution in [0.3, 0.4) is 0 Å². The summed E-state index contributed by atoms with van der Waals surface area (Å²) in [5.74, 6) is -0.773. The Morgan fingerprint density at radius 2 is 1.51 bits per heavy atom. The highest BCUT2D eigenvalue weighted by molar-refractivity contribution is 7.92. The van der Waals surface area contributed by atoms with Crippen LogP contribution in [-0.4, -0.2) is 50.0 Å². The van der Waals surface area contributed by atoms with Crippen molar-refractivity contribution in [3.05, 3.63) is 100 Å². The molecule has 1 unspecified atom stereocenters. The third-order valence-electron chi connectivity index (χ3n) is 7.28. The van der Waals surface area contributed by atoms with Crippen LogP contribution in [0.15, 0.2) is 78.9 Å². The van der Waals surface area contributed by atoms with E-state index >= 15 is 0 Å². The van der Waals surface area contributed by atoms with E-state index in [-0.39, 0.29) is 35.6 Å². The van der Waals surface area contributed by atoms with E-state index in [1.54, 1.807) is 0 Å². The number of halogens is 2. The quantitative estimate of drug-likeness (QED) is 0.293. The second-order valence-corrected chi connectivity index (χ2v) is 13.2. The van der Waals surface area contributed by atoms with Gasteiger partial charge in [-0.2, -0.15) is 0 Å². The number of hydrogen-bond acceptors (Lipinski definition) is 4. The van der Waals surface area contributed by atoms with Gasteiger partial charge in [0.25, 0.3) is 0 Å². The van der Waals surface area contributed by atoms with Gasteiger partial charge in [0.15, 0.2) is 0 Å². The summed E-state index contributed by atoms with van der Waals surface area (Å²) in [5.41, 5.74) is 1.85. The highest BCUT2D eigenvalue weighted by Gasteiger charge is 2.34. The molecule has 3 aromatic rings. The summed E-state index contributed by atoms with van der Waals surface area (Å²) in [6.07, 6.45) is 6.33. The molecule has 0 aromatic heterocycles. The molecule has 1 N–H and O–H groups in total. The Kier molecular flexibility index (Phi) is 10.7. The third kappa shape index (κ3) is 8.71. The van der Waals surface area contributed by atoms with Crippen LogP contribution in [0.2, 0.25) is 10.0 Å². The van der Waals surface area contributed by atoms with E-state index in [1.165, 1.54) is 23.1 Å². The van der Waals surface area contributed by atoms with Crippen molar-refractivity contribution in [3.8, 4) is 0 Å². The van der Waals surface area contributed by atoms with E-state index in [0.29, 0.717) is 5.02 Å². The maximum Gasteiger partial charge on any atom is 0.244 e. The van der Waals surface area contributed by atoms with Gasteiger partial charge in [0.05, 0.1) is 17.0 Å². The number of nitrogens with zero attached hydrogens (tertiary/aromatic N) is 2. The molecule has 2 amide bonds. The van der Waals surface area contributed by atoms with E-state index in [0.717, 1.165) is 53.8 Å². The molecular weight excluding hydrogens is 581 g/mol. The molecule has 0 bridgehead atoms. The molecule has 1 aliphatic rings. The first-order valence-corrected chi connectivity index (χ1v) is 16.3. The van der Waals surface area contributed by atoms with Crippen LogP contribution >= 0.6 is 23.2 Å². The first kappa shape index (κ1) is 30.9. The third-order valence-corrected chi connectivity index (χ3v) is 8.94. The summed E-state index contributed by atoms with van der Waals surface area (Å²) in [6, 6.07) is 22.5. The fourth-order valence-electron chi connectivity index (χ4n) is 5.16. The average molecular weight is 617 g/mol. The van der Waals surface area contributed by atoms with Crippen molar-refractivity contribution < 1.29 is 18.0 Å². The van der Waals surface area contributed by atoms with Crippen LogP contribution in [0.25, 0.3) is 0 Å². The highest BCUT2D eigenvalue weighted by Crippen LogP contribution is 2.31. The Labute approximate surface area is 252 Å². The maximum absolute atomic E-state index is 14.2. The number of sulfonamides is 1. The van der Waals surface area contributed by atoms with Crippen LogP contribution in [0.5, 0.6) is 0 Å². The van der Waals surface area contributed by atoms with E-state index in [4.69, 9.17) is 23.2 Å². The van der Waals surface area contributed by atoms with E-state index in [9.17, 15) is 18.0 Å². The molecular formula is C31H35Cl2N3O4S. The van der Waals surface area contributed by atoms with Crippen LogP contribution in [0, 0.1) is 0 Å². The minimum atomic E-state index is -3.92. The highest BCUT2D eigenvalue weighted by atomic mass is 35.5. The number of carbonyl (C=O) groups is 2. The molecule has 0 spiro atoms. The Hall–Kier alpha value is -3.07. The zero-order valence-corrected chi connectivity index (χ0v) is 25.3. The summed E-state index contributed by atoms with van der Waals surface area (Å²) in [7, 11) is -3.92. The molecule has 1 fully saturated rings. The second-order valence-electron chi connectivity index (χ2n) is 10.4. The van der Waals surface area contributed by atoms with Crippen LogP contribution in [0.4, 0.5) is 5.69 Å². The van der Waals surface area contributed by atoms with Crippen molar-refractivity contribution in [1.29, 1.82) is 0 Å². The zero-order chi connectivity index (χ0) is 29.4. The van der Waals surface area contributed by atoms with Gasteiger partial charge in [-0.25, -0.2) is 8.42 Å². The number of nitrogens with one attached hydrogen (secondary N) is 1. The first-order chi connectivity index (χ1) is 19.6. The SMILES string of the molecule is CS(=O)(=O)N(CC(=O)N(Cc1ccccc1)C(Cc1ccccc1)C(=O)NC1CCCCC1)c1ccc(Cl)cc1Cl. The van der Waals surface area contributed by atoms with Gasteiger partial charge < -0.3 is 10.2 Å². The predicted octanol–water partition coefficient (Wildman–Crippen LogP) is 5.85. The van der Waals surface area contributed by atoms with Gasteiger partial charge in [0.1, 0.15) is 12.6 Å². The van der Waals surface area contributed by atoms with E-state index in [1.807, 2.05) is 60.7 Å². The first-order valence-electron chi connectivity index (χ1n) is 13.7. The van der Waals surface area contributed by atoms with Gasteiger partial charge in [-0.05, 0) is 42.2 Å². The Morgan fingerprint density at radius 1 is 0.902 bits per heavy atom. The molecule has 218 valence electrons. The number of carbonyl (C=O) groups excluding carboxylic acids is 2. The number of hydrogen-bond donors (Lipinski definition) is 1. The average Bonchev–Trinajstić information content (AvgIpc) is 2.95. The number of benzene rings is 3. The molecule has 4 rings (SSSR count). The summed E-state index contributed by atoms with van der Waals surface area (Å²) in [6.45, 7) is -0.407. The smallest absolute Gasteiger partial charge is 0.244 e. The fraction of sp³-hybridized carbons (Fsp3) is 0.355. The number of anilines is 1.